The van der Waals surface area contributed by atoms with Crippen molar-refractivity contribution in [3.63, 3.8) is 0 Å². The molecule has 1 aromatic heterocycles. The Labute approximate surface area is 155 Å². The fourth-order valence-electron chi connectivity index (χ4n) is 2.69. The number of benzene rings is 1. The van der Waals surface area contributed by atoms with E-state index in [4.69, 9.17) is 18.6 Å². The van der Waals surface area contributed by atoms with E-state index in [1.807, 2.05) is 30.3 Å². The Kier molecular flexibility index (Phi) is 7.97. The van der Waals surface area contributed by atoms with Crippen molar-refractivity contribution in [2.45, 2.75) is 39.1 Å². The largest absolute Gasteiger partial charge is 0.493 e. The quantitative estimate of drug-likeness (QED) is 0.662. The van der Waals surface area contributed by atoms with Gasteiger partial charge in [0, 0.05) is 19.1 Å². The lowest BCUT2D eigenvalue weighted by Crippen LogP contribution is -2.38. The predicted octanol–water partition coefficient (Wildman–Crippen LogP) is 3.08. The molecule has 0 aliphatic heterocycles. The van der Waals surface area contributed by atoms with Gasteiger partial charge in [0.15, 0.2) is 11.5 Å². The summed E-state index contributed by atoms with van der Waals surface area (Å²) in [6, 6.07) is 9.82. The van der Waals surface area contributed by atoms with Crippen LogP contribution in [-0.2, 0) is 17.9 Å². The topological polar surface area (TPSA) is 64.3 Å². The number of furan rings is 1. The maximum atomic E-state index is 10.3. The van der Waals surface area contributed by atoms with Crippen LogP contribution in [-0.4, -0.2) is 49.5 Å². The highest BCUT2D eigenvalue weighted by Crippen LogP contribution is 2.28. The Balaban J connectivity index is 1.89. The SMILES string of the molecule is COc1ccc(CN(CC(O)COCc2ccco2)C(C)C)cc1OC. The molecule has 0 radical (unpaired) electrons. The van der Waals surface area contributed by atoms with Crippen LogP contribution >= 0.6 is 0 Å². The summed E-state index contributed by atoms with van der Waals surface area (Å²) in [5.41, 5.74) is 1.10. The van der Waals surface area contributed by atoms with Crippen LogP contribution in [0.3, 0.4) is 0 Å². The van der Waals surface area contributed by atoms with Crippen LogP contribution in [0.25, 0.3) is 0 Å². The number of nitrogens with zero attached hydrogens (tertiary/aromatic N) is 1. The molecule has 0 amide bonds. The summed E-state index contributed by atoms with van der Waals surface area (Å²) < 4.78 is 21.4. The number of hydrogen-bond donors (Lipinski definition) is 1. The first-order chi connectivity index (χ1) is 12.5. The normalized spacial score (nSPS) is 12.6. The van der Waals surface area contributed by atoms with Gasteiger partial charge in [-0.25, -0.2) is 0 Å². The van der Waals surface area contributed by atoms with E-state index in [-0.39, 0.29) is 12.6 Å². The highest BCUT2D eigenvalue weighted by molar-refractivity contribution is 5.42. The average Bonchev–Trinajstić information content (AvgIpc) is 3.14. The smallest absolute Gasteiger partial charge is 0.161 e. The predicted molar refractivity (Wildman–Crippen MR) is 99.5 cm³/mol. The summed E-state index contributed by atoms with van der Waals surface area (Å²) >= 11 is 0. The van der Waals surface area contributed by atoms with Crippen molar-refractivity contribution in [1.82, 2.24) is 4.90 Å². The first-order valence-corrected chi connectivity index (χ1v) is 8.76. The number of ether oxygens (including phenoxy) is 3. The van der Waals surface area contributed by atoms with E-state index >= 15 is 0 Å². The van der Waals surface area contributed by atoms with Crippen LogP contribution in [0, 0.1) is 0 Å². The molecule has 0 spiro atoms. The van der Waals surface area contributed by atoms with E-state index in [0.717, 1.165) is 11.3 Å². The molecule has 0 saturated carbocycles. The minimum atomic E-state index is -0.576. The molecule has 0 saturated heterocycles. The molecule has 1 unspecified atom stereocenters. The second-order valence-corrected chi connectivity index (χ2v) is 6.46. The van der Waals surface area contributed by atoms with Gasteiger partial charge in [-0.1, -0.05) is 6.07 Å². The number of rotatable bonds is 11. The van der Waals surface area contributed by atoms with Crippen LogP contribution in [0.2, 0.25) is 0 Å². The van der Waals surface area contributed by atoms with E-state index in [1.54, 1.807) is 20.5 Å². The average molecular weight is 363 g/mol. The molecular weight excluding hydrogens is 334 g/mol. The second kappa shape index (κ2) is 10.2. The van der Waals surface area contributed by atoms with Crippen LogP contribution in [0.5, 0.6) is 11.5 Å². The molecule has 2 aromatic rings. The lowest BCUT2D eigenvalue weighted by molar-refractivity contribution is -0.00116. The van der Waals surface area contributed by atoms with E-state index in [1.165, 1.54) is 0 Å². The fourth-order valence-corrected chi connectivity index (χ4v) is 2.69. The van der Waals surface area contributed by atoms with E-state index in [0.29, 0.717) is 31.2 Å². The molecule has 1 atom stereocenters. The molecule has 1 aromatic carbocycles. The Morgan fingerprint density at radius 1 is 1.12 bits per heavy atom. The van der Waals surface area contributed by atoms with Crippen molar-refractivity contribution in [1.29, 1.82) is 0 Å². The third kappa shape index (κ3) is 6.05. The number of aliphatic hydroxyl groups is 1. The fraction of sp³-hybridized carbons (Fsp3) is 0.500. The van der Waals surface area contributed by atoms with Gasteiger partial charge in [0.25, 0.3) is 0 Å². The van der Waals surface area contributed by atoms with Crippen molar-refractivity contribution in [2.24, 2.45) is 0 Å². The molecule has 0 bridgehead atoms. The molecule has 6 heteroatoms. The zero-order valence-electron chi connectivity index (χ0n) is 16.0. The Hall–Kier alpha value is -2.02. The van der Waals surface area contributed by atoms with Gasteiger partial charge in [0.2, 0.25) is 0 Å². The lowest BCUT2D eigenvalue weighted by atomic mass is 10.1. The van der Waals surface area contributed by atoms with E-state index in [2.05, 4.69) is 18.7 Å². The Morgan fingerprint density at radius 2 is 1.88 bits per heavy atom. The van der Waals surface area contributed by atoms with Gasteiger partial charge in [0.1, 0.15) is 12.4 Å². The van der Waals surface area contributed by atoms with Crippen LogP contribution in [0.1, 0.15) is 25.2 Å². The zero-order chi connectivity index (χ0) is 18.9. The number of aliphatic hydroxyl groups excluding tert-OH is 1. The summed E-state index contributed by atoms with van der Waals surface area (Å²) in [5.74, 6) is 2.16. The highest BCUT2D eigenvalue weighted by Gasteiger charge is 2.17. The van der Waals surface area contributed by atoms with Gasteiger partial charge in [-0.3, -0.25) is 4.90 Å². The highest BCUT2D eigenvalue weighted by atomic mass is 16.5. The molecule has 0 fully saturated rings. The molecule has 1 N–H and O–H groups in total. The van der Waals surface area contributed by atoms with Crippen molar-refractivity contribution in [3.05, 3.63) is 47.9 Å². The molecule has 144 valence electrons. The molecule has 0 aliphatic carbocycles. The minimum absolute atomic E-state index is 0.260. The van der Waals surface area contributed by atoms with Crippen LogP contribution in [0.15, 0.2) is 41.0 Å². The molecule has 26 heavy (non-hydrogen) atoms. The monoisotopic (exact) mass is 363 g/mol. The number of methoxy groups -OCH3 is 2. The van der Waals surface area contributed by atoms with Gasteiger partial charge in [-0.05, 0) is 43.7 Å². The molecule has 6 nitrogen and oxygen atoms in total. The summed E-state index contributed by atoms with van der Waals surface area (Å²) in [4.78, 5) is 2.20. The summed E-state index contributed by atoms with van der Waals surface area (Å²) in [7, 11) is 3.25. The van der Waals surface area contributed by atoms with Gasteiger partial charge < -0.3 is 23.7 Å². The third-order valence-electron chi connectivity index (χ3n) is 4.14. The maximum Gasteiger partial charge on any atom is 0.161 e. The zero-order valence-corrected chi connectivity index (χ0v) is 16.0. The van der Waals surface area contributed by atoms with Crippen LogP contribution in [0.4, 0.5) is 0 Å². The van der Waals surface area contributed by atoms with Gasteiger partial charge in [-0.15, -0.1) is 0 Å². The molecule has 2 rings (SSSR count). The van der Waals surface area contributed by atoms with E-state index < -0.39 is 6.10 Å². The Morgan fingerprint density at radius 3 is 2.50 bits per heavy atom. The van der Waals surface area contributed by atoms with Gasteiger partial charge >= 0.3 is 0 Å². The van der Waals surface area contributed by atoms with E-state index in [9.17, 15) is 5.11 Å². The summed E-state index contributed by atoms with van der Waals surface area (Å²) in [5, 5.41) is 10.3. The van der Waals surface area contributed by atoms with Gasteiger partial charge in [0.05, 0.1) is 33.2 Å². The van der Waals surface area contributed by atoms with Crippen LogP contribution < -0.4 is 9.47 Å². The van der Waals surface area contributed by atoms with Crippen molar-refractivity contribution < 1.29 is 23.7 Å². The van der Waals surface area contributed by atoms with Crippen molar-refractivity contribution >= 4 is 0 Å². The third-order valence-corrected chi connectivity index (χ3v) is 4.14. The molecule has 1 heterocycles. The summed E-state index contributed by atoms with van der Waals surface area (Å²) in [6.45, 7) is 6.06. The van der Waals surface area contributed by atoms with Crippen molar-refractivity contribution in [2.75, 3.05) is 27.4 Å². The van der Waals surface area contributed by atoms with Crippen molar-refractivity contribution in [3.8, 4) is 11.5 Å². The first-order valence-electron chi connectivity index (χ1n) is 8.76. The number of hydrogen-bond acceptors (Lipinski definition) is 6. The first kappa shape index (κ1) is 20.3. The lowest BCUT2D eigenvalue weighted by Gasteiger charge is -2.29. The minimum Gasteiger partial charge on any atom is -0.493 e. The molecule has 0 aliphatic rings. The standard InChI is InChI=1S/C20H29NO5/c1-15(2)21(11-16-7-8-19(23-3)20(10-16)24-4)12-17(22)13-25-14-18-6-5-9-26-18/h5-10,15,17,22H,11-14H2,1-4H3. The maximum absolute atomic E-state index is 10.3. The second-order valence-electron chi connectivity index (χ2n) is 6.46. The summed E-state index contributed by atoms with van der Waals surface area (Å²) in [6.07, 6.45) is 1.03. The van der Waals surface area contributed by atoms with Gasteiger partial charge in [-0.2, -0.15) is 0 Å². The Bertz CT molecular complexity index is 642. The molecular formula is C20H29NO5.